The van der Waals surface area contributed by atoms with Crippen molar-refractivity contribution in [2.24, 2.45) is 5.73 Å². The summed E-state index contributed by atoms with van der Waals surface area (Å²) in [7, 11) is 0. The Morgan fingerprint density at radius 2 is 1.86 bits per heavy atom. The molecule has 2 aromatic rings. The van der Waals surface area contributed by atoms with Gasteiger partial charge in [0, 0.05) is 44.3 Å². The van der Waals surface area contributed by atoms with Crippen molar-refractivity contribution in [2.75, 3.05) is 31.1 Å². The second kappa shape index (κ2) is 5.88. The van der Waals surface area contributed by atoms with Gasteiger partial charge in [0.15, 0.2) is 5.82 Å². The van der Waals surface area contributed by atoms with E-state index < -0.39 is 5.91 Å². The molecule has 1 aliphatic rings. The van der Waals surface area contributed by atoms with Crippen LogP contribution in [0.4, 0.5) is 5.69 Å². The SMILES string of the molecule is NC(=O)c1cccc(N2CCNCC2)c1-c1ncccn1. The lowest BCUT2D eigenvalue weighted by molar-refractivity contribution is 0.100. The molecule has 2 heterocycles. The molecule has 0 atom stereocenters. The number of primary amides is 1. The monoisotopic (exact) mass is 283 g/mol. The summed E-state index contributed by atoms with van der Waals surface area (Å²) in [5.41, 5.74) is 7.65. The van der Waals surface area contributed by atoms with E-state index in [1.165, 1.54) is 0 Å². The number of anilines is 1. The number of nitrogens with zero attached hydrogens (tertiary/aromatic N) is 3. The van der Waals surface area contributed by atoms with E-state index in [0.29, 0.717) is 17.0 Å². The van der Waals surface area contributed by atoms with Gasteiger partial charge in [-0.15, -0.1) is 0 Å². The van der Waals surface area contributed by atoms with Gasteiger partial charge >= 0.3 is 0 Å². The van der Waals surface area contributed by atoms with E-state index in [1.807, 2.05) is 12.1 Å². The van der Waals surface area contributed by atoms with Crippen LogP contribution in [-0.2, 0) is 0 Å². The van der Waals surface area contributed by atoms with Crippen LogP contribution in [-0.4, -0.2) is 42.1 Å². The van der Waals surface area contributed by atoms with Crippen molar-refractivity contribution in [1.82, 2.24) is 15.3 Å². The number of carbonyl (C=O) groups is 1. The first kappa shape index (κ1) is 13.5. The largest absolute Gasteiger partial charge is 0.368 e. The highest BCUT2D eigenvalue weighted by Crippen LogP contribution is 2.32. The first-order chi connectivity index (χ1) is 10.3. The molecule has 1 saturated heterocycles. The topological polar surface area (TPSA) is 84.1 Å². The summed E-state index contributed by atoms with van der Waals surface area (Å²) in [5.74, 6) is 0.0647. The van der Waals surface area contributed by atoms with Crippen molar-refractivity contribution in [3.05, 3.63) is 42.2 Å². The van der Waals surface area contributed by atoms with Gasteiger partial charge in [-0.2, -0.15) is 0 Å². The maximum Gasteiger partial charge on any atom is 0.249 e. The number of carbonyl (C=O) groups excluding carboxylic acids is 1. The fourth-order valence-corrected chi connectivity index (χ4v) is 2.58. The summed E-state index contributed by atoms with van der Waals surface area (Å²) in [6.45, 7) is 3.58. The molecule has 0 radical (unpaired) electrons. The Labute approximate surface area is 123 Å². The van der Waals surface area contributed by atoms with Gasteiger partial charge in [-0.25, -0.2) is 9.97 Å². The van der Waals surface area contributed by atoms with Crippen LogP contribution in [0.5, 0.6) is 0 Å². The van der Waals surface area contributed by atoms with Gasteiger partial charge in [0.2, 0.25) is 5.91 Å². The lowest BCUT2D eigenvalue weighted by Crippen LogP contribution is -2.43. The molecule has 6 heteroatoms. The van der Waals surface area contributed by atoms with Gasteiger partial charge in [-0.05, 0) is 18.2 Å². The summed E-state index contributed by atoms with van der Waals surface area (Å²) in [6, 6.07) is 7.31. The molecule has 0 aliphatic carbocycles. The minimum atomic E-state index is -0.463. The van der Waals surface area contributed by atoms with E-state index in [-0.39, 0.29) is 0 Å². The molecule has 1 fully saturated rings. The number of nitrogens with two attached hydrogens (primary N) is 1. The molecular formula is C15H17N5O. The number of hydrogen-bond acceptors (Lipinski definition) is 5. The van der Waals surface area contributed by atoms with Crippen LogP contribution in [0, 0.1) is 0 Å². The highest BCUT2D eigenvalue weighted by atomic mass is 16.1. The fourth-order valence-electron chi connectivity index (χ4n) is 2.58. The molecule has 1 aromatic heterocycles. The molecule has 3 N–H and O–H groups in total. The van der Waals surface area contributed by atoms with Gasteiger partial charge in [-0.1, -0.05) is 6.07 Å². The molecule has 0 saturated carbocycles. The highest BCUT2D eigenvalue weighted by molar-refractivity contribution is 6.02. The van der Waals surface area contributed by atoms with Crippen molar-refractivity contribution >= 4 is 11.6 Å². The molecular weight excluding hydrogens is 266 g/mol. The van der Waals surface area contributed by atoms with Gasteiger partial charge in [0.25, 0.3) is 0 Å². The van der Waals surface area contributed by atoms with Crippen molar-refractivity contribution in [2.45, 2.75) is 0 Å². The Morgan fingerprint density at radius 1 is 1.14 bits per heavy atom. The van der Waals surface area contributed by atoms with Crippen molar-refractivity contribution < 1.29 is 4.79 Å². The lowest BCUT2D eigenvalue weighted by atomic mass is 10.0. The summed E-state index contributed by atoms with van der Waals surface area (Å²) in [4.78, 5) is 22.6. The van der Waals surface area contributed by atoms with Crippen LogP contribution in [0.3, 0.4) is 0 Å². The third-order valence-electron chi connectivity index (χ3n) is 3.55. The number of rotatable bonds is 3. The number of aromatic nitrogens is 2. The van der Waals surface area contributed by atoms with E-state index in [9.17, 15) is 4.79 Å². The van der Waals surface area contributed by atoms with Crippen LogP contribution in [0.1, 0.15) is 10.4 Å². The Hall–Kier alpha value is -2.47. The molecule has 1 amide bonds. The Bertz CT molecular complexity index is 638. The second-order valence-corrected chi connectivity index (χ2v) is 4.87. The first-order valence-electron chi connectivity index (χ1n) is 6.93. The molecule has 21 heavy (non-hydrogen) atoms. The van der Waals surface area contributed by atoms with Gasteiger partial charge in [0.05, 0.1) is 11.1 Å². The van der Waals surface area contributed by atoms with Crippen LogP contribution in [0.25, 0.3) is 11.4 Å². The van der Waals surface area contributed by atoms with E-state index in [1.54, 1.807) is 24.5 Å². The number of hydrogen-bond donors (Lipinski definition) is 2. The molecule has 1 aliphatic heterocycles. The summed E-state index contributed by atoms with van der Waals surface area (Å²) in [5, 5.41) is 3.32. The predicted molar refractivity (Wildman–Crippen MR) is 81.1 cm³/mol. The maximum atomic E-state index is 11.8. The number of nitrogens with one attached hydrogen (secondary N) is 1. The third kappa shape index (κ3) is 2.71. The Morgan fingerprint density at radius 3 is 2.52 bits per heavy atom. The van der Waals surface area contributed by atoms with E-state index in [4.69, 9.17) is 5.73 Å². The predicted octanol–water partition coefficient (Wildman–Crippen LogP) is 0.652. The summed E-state index contributed by atoms with van der Waals surface area (Å²) >= 11 is 0. The number of piperazine rings is 1. The molecule has 3 rings (SSSR count). The van der Waals surface area contributed by atoms with Crippen molar-refractivity contribution in [1.29, 1.82) is 0 Å². The summed E-state index contributed by atoms with van der Waals surface area (Å²) < 4.78 is 0. The zero-order valence-corrected chi connectivity index (χ0v) is 11.6. The van der Waals surface area contributed by atoms with Crippen LogP contribution in [0.2, 0.25) is 0 Å². The molecule has 0 bridgehead atoms. The zero-order chi connectivity index (χ0) is 14.7. The Kier molecular flexibility index (Phi) is 3.79. The smallest absolute Gasteiger partial charge is 0.249 e. The van der Waals surface area contributed by atoms with Gasteiger partial charge in [-0.3, -0.25) is 4.79 Å². The zero-order valence-electron chi connectivity index (χ0n) is 11.6. The van der Waals surface area contributed by atoms with Gasteiger partial charge in [0.1, 0.15) is 0 Å². The van der Waals surface area contributed by atoms with Crippen LogP contribution < -0.4 is 16.0 Å². The quantitative estimate of drug-likeness (QED) is 0.864. The normalized spacial score (nSPS) is 15.0. The lowest BCUT2D eigenvalue weighted by Gasteiger charge is -2.31. The van der Waals surface area contributed by atoms with Crippen LogP contribution in [0.15, 0.2) is 36.7 Å². The van der Waals surface area contributed by atoms with E-state index in [0.717, 1.165) is 31.9 Å². The Balaban J connectivity index is 2.15. The maximum absolute atomic E-state index is 11.8. The number of amides is 1. The van der Waals surface area contributed by atoms with Crippen LogP contribution >= 0.6 is 0 Å². The minimum absolute atomic E-state index is 0.456. The van der Waals surface area contributed by atoms with Crippen molar-refractivity contribution in [3.8, 4) is 11.4 Å². The molecule has 1 aromatic carbocycles. The van der Waals surface area contributed by atoms with E-state index in [2.05, 4.69) is 20.2 Å². The second-order valence-electron chi connectivity index (χ2n) is 4.87. The highest BCUT2D eigenvalue weighted by Gasteiger charge is 2.21. The standard InChI is InChI=1S/C15H17N5O/c16-14(21)11-3-1-4-12(20-9-7-17-8-10-20)13(11)15-18-5-2-6-19-15/h1-6,17H,7-10H2,(H2,16,21). The summed E-state index contributed by atoms with van der Waals surface area (Å²) in [6.07, 6.45) is 3.34. The number of benzene rings is 1. The average molecular weight is 283 g/mol. The average Bonchev–Trinajstić information content (AvgIpc) is 2.55. The molecule has 6 nitrogen and oxygen atoms in total. The van der Waals surface area contributed by atoms with Gasteiger partial charge < -0.3 is 16.0 Å². The molecule has 0 spiro atoms. The molecule has 0 unspecified atom stereocenters. The minimum Gasteiger partial charge on any atom is -0.368 e. The van der Waals surface area contributed by atoms with Crippen molar-refractivity contribution in [3.63, 3.8) is 0 Å². The molecule has 108 valence electrons. The third-order valence-corrected chi connectivity index (χ3v) is 3.55. The van der Waals surface area contributed by atoms with E-state index >= 15 is 0 Å². The first-order valence-corrected chi connectivity index (χ1v) is 6.93. The fraction of sp³-hybridized carbons (Fsp3) is 0.267.